The molecular formula is C28H22N2O5. The molecule has 0 aliphatic heterocycles. The Balaban J connectivity index is 1.81. The van der Waals surface area contributed by atoms with Gasteiger partial charge in [-0.2, -0.15) is 0 Å². The van der Waals surface area contributed by atoms with Gasteiger partial charge in [0.05, 0.1) is 28.8 Å². The van der Waals surface area contributed by atoms with Gasteiger partial charge >= 0.3 is 5.97 Å². The zero-order valence-electron chi connectivity index (χ0n) is 19.0. The van der Waals surface area contributed by atoms with E-state index in [4.69, 9.17) is 15.9 Å². The molecule has 3 aromatic carbocycles. The third kappa shape index (κ3) is 5.07. The minimum atomic E-state index is -1.04. The normalized spacial score (nSPS) is 10.9. The molecule has 0 saturated carbocycles. The Morgan fingerprint density at radius 3 is 2.54 bits per heavy atom. The first-order valence-corrected chi connectivity index (χ1v) is 10.9. The summed E-state index contributed by atoms with van der Waals surface area (Å²) in [5.41, 5.74) is 1.74. The van der Waals surface area contributed by atoms with E-state index in [0.717, 1.165) is 5.56 Å². The van der Waals surface area contributed by atoms with Gasteiger partial charge in [0.15, 0.2) is 11.5 Å². The highest BCUT2D eigenvalue weighted by molar-refractivity contribution is 5.88. The van der Waals surface area contributed by atoms with Crippen LogP contribution in [0.4, 0.5) is 0 Å². The molecule has 7 heteroatoms. The van der Waals surface area contributed by atoms with Crippen LogP contribution in [0, 0.1) is 12.3 Å². The van der Waals surface area contributed by atoms with Crippen molar-refractivity contribution < 1.29 is 19.4 Å². The monoisotopic (exact) mass is 466 g/mol. The van der Waals surface area contributed by atoms with Crippen molar-refractivity contribution in [2.24, 2.45) is 0 Å². The summed E-state index contributed by atoms with van der Waals surface area (Å²) in [6.45, 7) is 2.46. The average molecular weight is 466 g/mol. The van der Waals surface area contributed by atoms with Crippen molar-refractivity contribution in [1.82, 2.24) is 9.55 Å². The lowest BCUT2D eigenvalue weighted by Crippen LogP contribution is -2.22. The van der Waals surface area contributed by atoms with Gasteiger partial charge in [-0.1, -0.05) is 30.2 Å². The van der Waals surface area contributed by atoms with Crippen LogP contribution < -0.4 is 15.0 Å². The van der Waals surface area contributed by atoms with Crippen LogP contribution in [0.1, 0.15) is 28.7 Å². The first kappa shape index (κ1) is 23.3. The van der Waals surface area contributed by atoms with Crippen LogP contribution in [0.2, 0.25) is 0 Å². The Morgan fingerprint density at radius 1 is 1.06 bits per heavy atom. The van der Waals surface area contributed by atoms with E-state index in [0.29, 0.717) is 40.5 Å². The Bertz CT molecular complexity index is 1510. The number of benzene rings is 3. The van der Waals surface area contributed by atoms with Gasteiger partial charge in [0.1, 0.15) is 12.4 Å². The molecule has 174 valence electrons. The molecule has 4 aromatic rings. The van der Waals surface area contributed by atoms with Gasteiger partial charge in [-0.3, -0.25) is 9.36 Å². The summed E-state index contributed by atoms with van der Waals surface area (Å²) in [6.07, 6.45) is 8.83. The molecule has 7 nitrogen and oxygen atoms in total. The standard InChI is InChI=1S/C28H22N2O5/c1-3-17-35-24-15-9-19(18-25(24)34-4-2)10-16-26-29-23-8-6-5-7-22(23)27(31)30(26)21-13-11-20(12-14-21)28(32)33/h1,5-16,18H,4,17H2,2H3,(H,32,33)/b16-10+. The van der Waals surface area contributed by atoms with Crippen molar-refractivity contribution in [2.75, 3.05) is 13.2 Å². The number of terminal acetylenes is 1. The van der Waals surface area contributed by atoms with Crippen LogP contribution in [-0.4, -0.2) is 33.8 Å². The number of carbonyl (C=O) groups is 1. The lowest BCUT2D eigenvalue weighted by molar-refractivity contribution is 0.0697. The van der Waals surface area contributed by atoms with E-state index >= 15 is 0 Å². The molecule has 1 aromatic heterocycles. The fourth-order valence-electron chi connectivity index (χ4n) is 3.57. The Morgan fingerprint density at radius 2 is 1.83 bits per heavy atom. The highest BCUT2D eigenvalue weighted by Gasteiger charge is 2.12. The number of carboxylic acids is 1. The van der Waals surface area contributed by atoms with Gasteiger partial charge in [0, 0.05) is 0 Å². The van der Waals surface area contributed by atoms with Crippen molar-refractivity contribution in [3.05, 3.63) is 94.0 Å². The van der Waals surface area contributed by atoms with Crippen molar-refractivity contribution in [2.45, 2.75) is 6.92 Å². The van der Waals surface area contributed by atoms with E-state index in [1.807, 2.05) is 31.2 Å². The maximum atomic E-state index is 13.4. The third-order valence-corrected chi connectivity index (χ3v) is 5.18. The van der Waals surface area contributed by atoms with E-state index < -0.39 is 5.97 Å². The number of aromatic nitrogens is 2. The second kappa shape index (κ2) is 10.4. The summed E-state index contributed by atoms with van der Waals surface area (Å²) in [7, 11) is 0. The molecular weight excluding hydrogens is 444 g/mol. The van der Waals surface area contributed by atoms with E-state index in [1.54, 1.807) is 42.5 Å². The fourth-order valence-corrected chi connectivity index (χ4v) is 3.57. The molecule has 0 fully saturated rings. The van der Waals surface area contributed by atoms with Gasteiger partial charge in [-0.15, -0.1) is 6.42 Å². The van der Waals surface area contributed by atoms with Crippen molar-refractivity contribution >= 4 is 29.0 Å². The van der Waals surface area contributed by atoms with E-state index in [-0.39, 0.29) is 17.7 Å². The smallest absolute Gasteiger partial charge is 0.335 e. The first-order chi connectivity index (χ1) is 17.0. The molecule has 0 saturated heterocycles. The van der Waals surface area contributed by atoms with Gasteiger partial charge in [-0.05, 0) is 67.1 Å². The Kier molecular flexibility index (Phi) is 6.94. The molecule has 0 amide bonds. The second-order valence-electron chi connectivity index (χ2n) is 7.45. The molecule has 0 unspecified atom stereocenters. The van der Waals surface area contributed by atoms with Gasteiger partial charge < -0.3 is 14.6 Å². The minimum Gasteiger partial charge on any atom is -0.490 e. The number of para-hydroxylation sites is 1. The SMILES string of the molecule is C#CCOc1ccc(/C=C/c2nc3ccccc3c(=O)n2-c2ccc(C(=O)O)cc2)cc1OCC. The maximum Gasteiger partial charge on any atom is 0.335 e. The van der Waals surface area contributed by atoms with Crippen molar-refractivity contribution in [3.63, 3.8) is 0 Å². The largest absolute Gasteiger partial charge is 0.490 e. The summed E-state index contributed by atoms with van der Waals surface area (Å²) in [6, 6.07) is 18.6. The number of fused-ring (bicyclic) bond motifs is 1. The number of carboxylic acid groups (broad SMARTS) is 1. The van der Waals surface area contributed by atoms with Crippen LogP contribution in [-0.2, 0) is 0 Å². The Labute approximate surface area is 201 Å². The molecule has 0 aliphatic rings. The quantitative estimate of drug-likeness (QED) is 0.380. The fraction of sp³-hybridized carbons (Fsp3) is 0.107. The van der Waals surface area contributed by atoms with Crippen molar-refractivity contribution in [3.8, 4) is 29.5 Å². The molecule has 0 atom stereocenters. The van der Waals surface area contributed by atoms with Crippen LogP contribution in [0.15, 0.2) is 71.5 Å². The number of aromatic carboxylic acids is 1. The summed E-state index contributed by atoms with van der Waals surface area (Å²) in [4.78, 5) is 29.3. The lowest BCUT2D eigenvalue weighted by atomic mass is 10.1. The van der Waals surface area contributed by atoms with E-state index in [2.05, 4.69) is 10.9 Å². The summed E-state index contributed by atoms with van der Waals surface area (Å²) < 4.78 is 12.7. The molecule has 0 bridgehead atoms. The number of ether oxygens (including phenoxy) is 2. The molecule has 0 aliphatic carbocycles. The predicted molar refractivity (Wildman–Crippen MR) is 135 cm³/mol. The molecule has 0 radical (unpaired) electrons. The number of hydrogen-bond acceptors (Lipinski definition) is 5. The van der Waals surface area contributed by atoms with Crippen LogP contribution in [0.3, 0.4) is 0 Å². The van der Waals surface area contributed by atoms with Crippen molar-refractivity contribution in [1.29, 1.82) is 0 Å². The maximum absolute atomic E-state index is 13.4. The summed E-state index contributed by atoms with van der Waals surface area (Å²) >= 11 is 0. The Hall–Kier alpha value is -4.83. The first-order valence-electron chi connectivity index (χ1n) is 10.9. The molecule has 0 spiro atoms. The zero-order valence-corrected chi connectivity index (χ0v) is 19.0. The predicted octanol–water partition coefficient (Wildman–Crippen LogP) is 4.67. The van der Waals surface area contributed by atoms with Crippen LogP contribution in [0.25, 0.3) is 28.7 Å². The van der Waals surface area contributed by atoms with Gasteiger partial charge in [0.2, 0.25) is 0 Å². The number of rotatable bonds is 8. The molecule has 1 heterocycles. The molecule has 35 heavy (non-hydrogen) atoms. The van der Waals surface area contributed by atoms with Gasteiger partial charge in [-0.25, -0.2) is 9.78 Å². The average Bonchev–Trinajstić information content (AvgIpc) is 2.87. The topological polar surface area (TPSA) is 90.7 Å². The zero-order chi connectivity index (χ0) is 24.8. The van der Waals surface area contributed by atoms with E-state index in [9.17, 15) is 14.7 Å². The van der Waals surface area contributed by atoms with Crippen LogP contribution >= 0.6 is 0 Å². The third-order valence-electron chi connectivity index (χ3n) is 5.18. The van der Waals surface area contributed by atoms with Crippen LogP contribution in [0.5, 0.6) is 11.5 Å². The summed E-state index contributed by atoms with van der Waals surface area (Å²) in [5.74, 6) is 2.88. The highest BCUT2D eigenvalue weighted by atomic mass is 16.5. The second-order valence-corrected chi connectivity index (χ2v) is 7.45. The number of nitrogens with zero attached hydrogens (tertiary/aromatic N) is 2. The highest BCUT2D eigenvalue weighted by Crippen LogP contribution is 2.29. The lowest BCUT2D eigenvalue weighted by Gasteiger charge is -2.12. The molecule has 1 N–H and O–H groups in total. The minimum absolute atomic E-state index is 0.128. The molecule has 4 rings (SSSR count). The number of hydrogen-bond donors (Lipinski definition) is 1. The van der Waals surface area contributed by atoms with Gasteiger partial charge in [0.25, 0.3) is 5.56 Å². The summed E-state index contributed by atoms with van der Waals surface area (Å²) in [5, 5.41) is 9.67. The van der Waals surface area contributed by atoms with E-state index in [1.165, 1.54) is 16.7 Å².